The van der Waals surface area contributed by atoms with E-state index in [0.717, 1.165) is 26.1 Å². The van der Waals surface area contributed by atoms with Crippen LogP contribution in [0.2, 0.25) is 5.02 Å². The summed E-state index contributed by atoms with van der Waals surface area (Å²) < 4.78 is 6.58. The lowest BCUT2D eigenvalue weighted by Crippen LogP contribution is -2.54. The van der Waals surface area contributed by atoms with Crippen LogP contribution in [0.25, 0.3) is 6.08 Å². The Morgan fingerprint density at radius 1 is 0.846 bits per heavy atom. The van der Waals surface area contributed by atoms with Crippen molar-refractivity contribution in [3.63, 3.8) is 0 Å². The molecule has 6 nitrogen and oxygen atoms in total. The predicted octanol–water partition coefficient (Wildman–Crippen LogP) is 6.94. The Hall–Kier alpha value is -4.20. The summed E-state index contributed by atoms with van der Waals surface area (Å²) in [5, 5.41) is 2.90. The molecular weight excluding hydrogens is 580 g/mol. The van der Waals surface area contributed by atoms with Gasteiger partial charge in [-0.15, -0.1) is 0 Å². The quantitative estimate of drug-likeness (QED) is 0.184. The molecule has 0 aromatic heterocycles. The number of hydrogen-bond acceptors (Lipinski definition) is 4. The molecule has 1 heterocycles. The first kappa shape index (κ1) is 26.4. The van der Waals surface area contributed by atoms with Crippen LogP contribution >= 0.6 is 27.5 Å². The van der Waals surface area contributed by atoms with E-state index in [9.17, 15) is 14.4 Å². The number of benzene rings is 4. The van der Waals surface area contributed by atoms with Crippen molar-refractivity contribution >= 4 is 57.1 Å². The van der Waals surface area contributed by atoms with Crippen molar-refractivity contribution in [2.24, 2.45) is 0 Å². The second kappa shape index (κ2) is 11.7. The molecule has 5 rings (SSSR count). The van der Waals surface area contributed by atoms with Crippen molar-refractivity contribution in [2.75, 3.05) is 4.90 Å². The van der Waals surface area contributed by atoms with Crippen molar-refractivity contribution in [1.82, 2.24) is 5.32 Å². The molecule has 0 saturated carbocycles. The van der Waals surface area contributed by atoms with Crippen LogP contribution in [-0.4, -0.2) is 17.8 Å². The van der Waals surface area contributed by atoms with Crippen LogP contribution in [-0.2, 0) is 22.6 Å². The predicted molar refractivity (Wildman–Crippen MR) is 155 cm³/mol. The van der Waals surface area contributed by atoms with Gasteiger partial charge in [0.05, 0.1) is 5.69 Å². The van der Waals surface area contributed by atoms with Gasteiger partial charge in [0.1, 0.15) is 17.9 Å². The van der Waals surface area contributed by atoms with Crippen molar-refractivity contribution in [3.05, 3.63) is 134 Å². The maximum absolute atomic E-state index is 13.5. The largest absolute Gasteiger partial charge is 0.489 e. The van der Waals surface area contributed by atoms with Crippen LogP contribution < -0.4 is 15.0 Å². The van der Waals surface area contributed by atoms with Crippen LogP contribution in [0.5, 0.6) is 5.75 Å². The monoisotopic (exact) mass is 600 g/mol. The molecule has 4 aromatic carbocycles. The molecule has 0 atom stereocenters. The number of nitrogens with zero attached hydrogens (tertiary/aromatic N) is 1. The van der Waals surface area contributed by atoms with E-state index in [-0.39, 0.29) is 5.57 Å². The number of hydrogen-bond donors (Lipinski definition) is 1. The Kier molecular flexibility index (Phi) is 7.91. The molecule has 4 aromatic rings. The molecule has 0 unspecified atom stereocenters. The summed E-state index contributed by atoms with van der Waals surface area (Å²) in [5.74, 6) is -0.893. The molecule has 194 valence electrons. The summed E-state index contributed by atoms with van der Waals surface area (Å²) in [7, 11) is 0. The number of urea groups is 1. The van der Waals surface area contributed by atoms with Gasteiger partial charge in [-0.2, -0.15) is 0 Å². The van der Waals surface area contributed by atoms with Gasteiger partial charge in [-0.05, 0) is 77.2 Å². The van der Waals surface area contributed by atoms with E-state index < -0.39 is 17.8 Å². The number of carbonyl (C=O) groups excluding carboxylic acids is 3. The van der Waals surface area contributed by atoms with Gasteiger partial charge in [-0.25, -0.2) is 9.69 Å². The van der Waals surface area contributed by atoms with Gasteiger partial charge in [0.25, 0.3) is 11.8 Å². The molecular formula is C31H22BrClN2O4. The fraction of sp³-hybridized carbons (Fsp3) is 0.0645. The van der Waals surface area contributed by atoms with E-state index in [2.05, 4.69) is 21.2 Å². The second-order valence-electron chi connectivity index (χ2n) is 8.84. The Balaban J connectivity index is 1.41. The van der Waals surface area contributed by atoms with E-state index >= 15 is 0 Å². The normalized spacial score (nSPS) is 14.5. The number of ether oxygens (including phenoxy) is 1. The number of barbiturate groups is 1. The molecule has 4 amide bonds. The third-order valence-electron chi connectivity index (χ3n) is 6.19. The highest BCUT2D eigenvalue weighted by Gasteiger charge is 2.37. The van der Waals surface area contributed by atoms with Crippen LogP contribution in [0.1, 0.15) is 22.3 Å². The Bertz CT molecular complexity index is 1590. The highest BCUT2D eigenvalue weighted by molar-refractivity contribution is 9.10. The topological polar surface area (TPSA) is 75.7 Å². The van der Waals surface area contributed by atoms with Gasteiger partial charge >= 0.3 is 6.03 Å². The number of nitrogens with one attached hydrogen (secondary N) is 1. The maximum atomic E-state index is 13.5. The molecule has 0 aliphatic carbocycles. The molecule has 1 saturated heterocycles. The molecule has 1 aliphatic rings. The number of halogens is 2. The Labute approximate surface area is 239 Å². The maximum Gasteiger partial charge on any atom is 0.335 e. The zero-order valence-corrected chi connectivity index (χ0v) is 22.9. The van der Waals surface area contributed by atoms with Crippen molar-refractivity contribution in [1.29, 1.82) is 0 Å². The average Bonchev–Trinajstić information content (AvgIpc) is 2.93. The van der Waals surface area contributed by atoms with Crippen molar-refractivity contribution in [3.8, 4) is 5.75 Å². The summed E-state index contributed by atoms with van der Waals surface area (Å²) in [6.45, 7) is 0.383. The number of anilines is 1. The SMILES string of the molecule is O=C1NC(=O)N(c2ccc(OCc3ccccc3)cc2)C(=O)/C1=C/c1cc(Br)ccc1Cc1ccccc1Cl. The number of carbonyl (C=O) groups is 3. The third kappa shape index (κ3) is 6.11. The Morgan fingerprint density at radius 3 is 2.31 bits per heavy atom. The summed E-state index contributed by atoms with van der Waals surface area (Å²) >= 11 is 9.83. The van der Waals surface area contributed by atoms with Crippen LogP contribution in [0.3, 0.4) is 0 Å². The minimum Gasteiger partial charge on any atom is -0.489 e. The molecule has 39 heavy (non-hydrogen) atoms. The minimum absolute atomic E-state index is 0.155. The first-order valence-electron chi connectivity index (χ1n) is 12.1. The van der Waals surface area contributed by atoms with E-state index in [1.807, 2.05) is 72.8 Å². The smallest absolute Gasteiger partial charge is 0.335 e. The molecule has 0 radical (unpaired) electrons. The highest BCUT2D eigenvalue weighted by Crippen LogP contribution is 2.28. The van der Waals surface area contributed by atoms with Gasteiger partial charge in [0.15, 0.2) is 0 Å². The lowest BCUT2D eigenvalue weighted by atomic mass is 9.97. The van der Waals surface area contributed by atoms with E-state index in [1.54, 1.807) is 24.3 Å². The summed E-state index contributed by atoms with van der Waals surface area (Å²) in [6.07, 6.45) is 2.00. The average molecular weight is 602 g/mol. The van der Waals surface area contributed by atoms with Crippen LogP contribution in [0.15, 0.2) is 107 Å². The number of imide groups is 2. The van der Waals surface area contributed by atoms with E-state index in [4.69, 9.17) is 16.3 Å². The summed E-state index contributed by atoms with van der Waals surface area (Å²) in [5.41, 5.74) is 3.60. The molecule has 1 aliphatic heterocycles. The Morgan fingerprint density at radius 2 is 1.56 bits per heavy atom. The minimum atomic E-state index is -0.814. The fourth-order valence-electron chi connectivity index (χ4n) is 4.19. The number of amides is 4. The van der Waals surface area contributed by atoms with Gasteiger partial charge in [0.2, 0.25) is 0 Å². The first-order valence-corrected chi connectivity index (χ1v) is 13.3. The van der Waals surface area contributed by atoms with Gasteiger partial charge in [0, 0.05) is 9.50 Å². The van der Waals surface area contributed by atoms with Gasteiger partial charge < -0.3 is 4.74 Å². The summed E-state index contributed by atoms with van der Waals surface area (Å²) in [6, 6.07) is 28.6. The van der Waals surface area contributed by atoms with Gasteiger partial charge in [-0.1, -0.05) is 82.1 Å². The third-order valence-corrected chi connectivity index (χ3v) is 7.05. The van der Waals surface area contributed by atoms with Crippen molar-refractivity contribution < 1.29 is 19.1 Å². The van der Waals surface area contributed by atoms with E-state index in [1.165, 1.54) is 6.08 Å². The molecule has 1 fully saturated rings. The molecule has 0 spiro atoms. The zero-order chi connectivity index (χ0) is 27.4. The van der Waals surface area contributed by atoms with Gasteiger partial charge in [-0.3, -0.25) is 14.9 Å². The van der Waals surface area contributed by atoms with Crippen LogP contribution in [0, 0.1) is 0 Å². The van der Waals surface area contributed by atoms with Crippen LogP contribution in [0.4, 0.5) is 10.5 Å². The standard InChI is InChI=1S/C31H22BrClN2O4/c32-24-11-10-21(16-22-8-4-5-9-28(22)33)23(17-24)18-27-29(36)34-31(38)35(30(27)37)25-12-14-26(15-13-25)39-19-20-6-2-1-3-7-20/h1-15,17-18H,16,19H2,(H,34,36,38)/b27-18+. The van der Waals surface area contributed by atoms with E-state index in [0.29, 0.717) is 35.1 Å². The number of rotatable bonds is 7. The first-order chi connectivity index (χ1) is 18.9. The molecule has 0 bridgehead atoms. The lowest BCUT2D eigenvalue weighted by Gasteiger charge is -2.26. The van der Waals surface area contributed by atoms with Crippen molar-refractivity contribution in [2.45, 2.75) is 13.0 Å². The second-order valence-corrected chi connectivity index (χ2v) is 10.2. The lowest BCUT2D eigenvalue weighted by molar-refractivity contribution is -0.122. The summed E-state index contributed by atoms with van der Waals surface area (Å²) in [4.78, 5) is 39.9. The molecule has 8 heteroatoms. The fourth-order valence-corrected chi connectivity index (χ4v) is 4.77. The highest BCUT2D eigenvalue weighted by atomic mass is 79.9. The zero-order valence-electron chi connectivity index (χ0n) is 20.6. The molecule has 1 N–H and O–H groups in total.